The molecular weight excluding hydrogens is 384 g/mol. The van der Waals surface area contributed by atoms with Crippen LogP contribution in [0.5, 0.6) is 0 Å². The Morgan fingerprint density at radius 2 is 1.92 bits per heavy atom. The molecule has 0 bridgehead atoms. The van der Waals surface area contributed by atoms with Gasteiger partial charge in [-0.2, -0.15) is 4.31 Å². The Hall–Kier alpha value is -1.61. The van der Waals surface area contributed by atoms with Crippen LogP contribution in [0.2, 0.25) is 5.02 Å². The molecular formula is C16H15ClN2O4S2. The average Bonchev–Trinajstić information content (AvgIpc) is 3.06. The van der Waals surface area contributed by atoms with Crippen LogP contribution in [0, 0.1) is 17.0 Å². The Labute approximate surface area is 155 Å². The molecule has 132 valence electrons. The lowest BCUT2D eigenvalue weighted by atomic mass is 10.2. The first-order valence-electron chi connectivity index (χ1n) is 7.44. The van der Waals surface area contributed by atoms with Gasteiger partial charge in [0.15, 0.2) is 0 Å². The van der Waals surface area contributed by atoms with Crippen molar-refractivity contribution in [3.05, 3.63) is 68.7 Å². The molecule has 2 aromatic carbocycles. The first-order valence-corrected chi connectivity index (χ1v) is 10.3. The van der Waals surface area contributed by atoms with Crippen LogP contribution in [-0.2, 0) is 10.0 Å². The summed E-state index contributed by atoms with van der Waals surface area (Å²) in [4.78, 5) is 10.8. The van der Waals surface area contributed by atoms with E-state index in [0.29, 0.717) is 17.9 Å². The van der Waals surface area contributed by atoms with Crippen molar-refractivity contribution in [2.75, 3.05) is 12.3 Å². The molecule has 0 amide bonds. The van der Waals surface area contributed by atoms with E-state index in [1.165, 1.54) is 28.2 Å². The summed E-state index contributed by atoms with van der Waals surface area (Å²) in [6.07, 6.45) is 0. The van der Waals surface area contributed by atoms with Gasteiger partial charge in [-0.1, -0.05) is 35.4 Å². The van der Waals surface area contributed by atoms with Crippen molar-refractivity contribution in [1.29, 1.82) is 0 Å². The smallest absolute Gasteiger partial charge is 0.258 e. The first-order chi connectivity index (χ1) is 11.8. The van der Waals surface area contributed by atoms with Crippen molar-refractivity contribution in [3.63, 3.8) is 0 Å². The van der Waals surface area contributed by atoms with E-state index >= 15 is 0 Å². The van der Waals surface area contributed by atoms with Crippen molar-refractivity contribution in [2.24, 2.45) is 0 Å². The summed E-state index contributed by atoms with van der Waals surface area (Å²) in [5, 5.41) is 10.6. The van der Waals surface area contributed by atoms with Crippen molar-refractivity contribution in [3.8, 4) is 0 Å². The Morgan fingerprint density at radius 3 is 2.56 bits per heavy atom. The Kier molecular flexibility index (Phi) is 5.06. The largest absolute Gasteiger partial charge is 0.288 e. The molecule has 25 heavy (non-hydrogen) atoms. The van der Waals surface area contributed by atoms with E-state index in [4.69, 9.17) is 11.6 Å². The average molecular weight is 399 g/mol. The van der Waals surface area contributed by atoms with Gasteiger partial charge in [0.1, 0.15) is 5.02 Å². The number of nitro benzene ring substituents is 1. The molecule has 9 heteroatoms. The van der Waals surface area contributed by atoms with Gasteiger partial charge in [-0.15, -0.1) is 11.8 Å². The van der Waals surface area contributed by atoms with Crippen LogP contribution in [0.15, 0.2) is 47.4 Å². The highest BCUT2D eigenvalue weighted by Crippen LogP contribution is 2.43. The number of hydrogen-bond acceptors (Lipinski definition) is 5. The number of benzene rings is 2. The Bertz CT molecular complexity index is 916. The molecule has 3 rings (SSSR count). The van der Waals surface area contributed by atoms with Gasteiger partial charge in [-0.3, -0.25) is 10.1 Å². The summed E-state index contributed by atoms with van der Waals surface area (Å²) < 4.78 is 27.3. The van der Waals surface area contributed by atoms with Gasteiger partial charge < -0.3 is 0 Å². The minimum Gasteiger partial charge on any atom is -0.258 e. The molecule has 0 aliphatic carbocycles. The van der Waals surface area contributed by atoms with Crippen LogP contribution in [0.1, 0.15) is 16.5 Å². The zero-order chi connectivity index (χ0) is 18.2. The molecule has 1 heterocycles. The second-order valence-corrected chi connectivity index (χ2v) is 9.11. The predicted molar refractivity (Wildman–Crippen MR) is 98.4 cm³/mol. The molecule has 2 aromatic rings. The molecule has 0 unspecified atom stereocenters. The van der Waals surface area contributed by atoms with Crippen LogP contribution in [-0.4, -0.2) is 29.9 Å². The first kappa shape index (κ1) is 18.2. The summed E-state index contributed by atoms with van der Waals surface area (Å²) in [5.74, 6) is 0.617. The van der Waals surface area contributed by atoms with Gasteiger partial charge in [-0.05, 0) is 30.7 Å². The van der Waals surface area contributed by atoms with Crippen LogP contribution in [0.4, 0.5) is 5.69 Å². The number of thioether (sulfide) groups is 1. The monoisotopic (exact) mass is 398 g/mol. The van der Waals surface area contributed by atoms with Crippen molar-refractivity contribution in [1.82, 2.24) is 4.31 Å². The van der Waals surface area contributed by atoms with Gasteiger partial charge >= 0.3 is 0 Å². The number of hydrogen-bond donors (Lipinski definition) is 0. The van der Waals surface area contributed by atoms with E-state index in [2.05, 4.69) is 0 Å². The van der Waals surface area contributed by atoms with Gasteiger partial charge in [0.05, 0.1) is 15.2 Å². The molecule has 0 radical (unpaired) electrons. The van der Waals surface area contributed by atoms with Crippen molar-refractivity contribution in [2.45, 2.75) is 17.2 Å². The highest BCUT2D eigenvalue weighted by atomic mass is 35.5. The summed E-state index contributed by atoms with van der Waals surface area (Å²) in [6, 6.07) is 11.1. The highest BCUT2D eigenvalue weighted by molar-refractivity contribution is 8.01. The minimum absolute atomic E-state index is 0.0321. The number of rotatable bonds is 4. The van der Waals surface area contributed by atoms with Crippen LogP contribution in [0.25, 0.3) is 0 Å². The third-order valence-electron chi connectivity index (χ3n) is 3.93. The molecule has 0 saturated carbocycles. The molecule has 0 aromatic heterocycles. The van der Waals surface area contributed by atoms with Gasteiger partial charge in [0, 0.05) is 18.4 Å². The van der Waals surface area contributed by atoms with Crippen LogP contribution >= 0.6 is 23.4 Å². The fraction of sp³-hybridized carbons (Fsp3) is 0.250. The third-order valence-corrected chi connectivity index (χ3v) is 7.52. The number of aryl methyl sites for hydroxylation is 1. The van der Waals surface area contributed by atoms with Crippen molar-refractivity contribution < 1.29 is 13.3 Å². The highest BCUT2D eigenvalue weighted by Gasteiger charge is 2.37. The topological polar surface area (TPSA) is 80.5 Å². The summed E-state index contributed by atoms with van der Waals surface area (Å²) in [5.41, 5.74) is 1.30. The maximum Gasteiger partial charge on any atom is 0.288 e. The van der Waals surface area contributed by atoms with Crippen molar-refractivity contribution >= 4 is 39.1 Å². The maximum atomic E-state index is 13.0. The molecule has 0 N–H and O–H groups in total. The van der Waals surface area contributed by atoms with E-state index in [1.807, 2.05) is 6.92 Å². The van der Waals surface area contributed by atoms with Gasteiger partial charge in [0.2, 0.25) is 10.0 Å². The summed E-state index contributed by atoms with van der Waals surface area (Å²) in [7, 11) is -3.69. The van der Waals surface area contributed by atoms with E-state index in [9.17, 15) is 18.5 Å². The normalized spacial score (nSPS) is 18.4. The summed E-state index contributed by atoms with van der Waals surface area (Å²) >= 11 is 7.29. The minimum atomic E-state index is -3.69. The lowest BCUT2D eigenvalue weighted by Crippen LogP contribution is -2.30. The van der Waals surface area contributed by atoms with E-state index < -0.39 is 20.3 Å². The number of nitro groups is 1. The zero-order valence-corrected chi connectivity index (χ0v) is 15.6. The zero-order valence-electron chi connectivity index (χ0n) is 13.3. The molecule has 0 spiro atoms. The van der Waals surface area contributed by atoms with E-state index in [-0.39, 0.29) is 15.6 Å². The third kappa shape index (κ3) is 3.52. The van der Waals surface area contributed by atoms with Crippen LogP contribution in [0.3, 0.4) is 0 Å². The molecule has 1 aliphatic heterocycles. The molecule has 1 atom stereocenters. The SMILES string of the molecule is Cc1ccc(S(=O)(=O)N2CCS[C@@H]2c2ccc(Cl)c([N+](=O)[O-])c2)cc1. The second kappa shape index (κ2) is 6.95. The second-order valence-electron chi connectivity index (χ2n) is 5.62. The molecule has 1 aliphatic rings. The lowest BCUT2D eigenvalue weighted by Gasteiger charge is -2.23. The molecule has 6 nitrogen and oxygen atoms in total. The predicted octanol–water partition coefficient (Wildman–Crippen LogP) is 3.99. The Balaban J connectivity index is 1.99. The summed E-state index contributed by atoms with van der Waals surface area (Å²) in [6.45, 7) is 2.24. The van der Waals surface area contributed by atoms with E-state index in [0.717, 1.165) is 5.56 Å². The molecule has 1 saturated heterocycles. The maximum absolute atomic E-state index is 13.0. The number of sulfonamides is 1. The standard InChI is InChI=1S/C16H15ClN2O4S2/c1-11-2-5-13(6-3-11)25(22,23)18-8-9-24-16(18)12-4-7-14(17)15(10-12)19(20)21/h2-7,10,16H,8-9H2,1H3/t16-/m1/s1. The van der Waals surface area contributed by atoms with Crippen LogP contribution < -0.4 is 0 Å². The fourth-order valence-electron chi connectivity index (χ4n) is 2.63. The fourth-order valence-corrected chi connectivity index (χ4v) is 6.05. The molecule has 1 fully saturated rings. The lowest BCUT2D eigenvalue weighted by molar-refractivity contribution is -0.384. The Morgan fingerprint density at radius 1 is 1.24 bits per heavy atom. The van der Waals surface area contributed by atoms with Gasteiger partial charge in [-0.25, -0.2) is 8.42 Å². The quantitative estimate of drug-likeness (QED) is 0.574. The van der Waals surface area contributed by atoms with Gasteiger partial charge in [0.25, 0.3) is 5.69 Å². The van der Waals surface area contributed by atoms with E-state index in [1.54, 1.807) is 30.3 Å². The number of nitrogens with zero attached hydrogens (tertiary/aromatic N) is 2. The number of halogens is 1.